The van der Waals surface area contributed by atoms with Gasteiger partial charge >= 0.3 is 0 Å². The summed E-state index contributed by atoms with van der Waals surface area (Å²) in [6.07, 6.45) is 1.82. The minimum Gasteiger partial charge on any atom is -0.460 e. The number of nitriles is 1. The third kappa shape index (κ3) is 2.52. The molecule has 124 valence electrons. The normalized spacial score (nSPS) is 20.1. The SMILES string of the molecule is N#CC1=C(N)OC2=C(C(=O)CCC2)[C@H]1c1ccc(-c2ccccc2)o1. The summed E-state index contributed by atoms with van der Waals surface area (Å²) in [4.78, 5) is 12.5. The fourth-order valence-corrected chi connectivity index (χ4v) is 3.41. The summed E-state index contributed by atoms with van der Waals surface area (Å²) in [6, 6.07) is 15.4. The number of ketones is 1. The van der Waals surface area contributed by atoms with E-state index in [0.29, 0.717) is 35.7 Å². The molecule has 1 aromatic carbocycles. The summed E-state index contributed by atoms with van der Waals surface area (Å²) >= 11 is 0. The third-order valence-electron chi connectivity index (χ3n) is 4.57. The number of hydrogen-bond donors (Lipinski definition) is 1. The van der Waals surface area contributed by atoms with Gasteiger partial charge in [-0.25, -0.2) is 0 Å². The molecule has 1 aliphatic heterocycles. The van der Waals surface area contributed by atoms with E-state index in [0.717, 1.165) is 12.0 Å². The molecule has 2 heterocycles. The molecule has 0 spiro atoms. The zero-order chi connectivity index (χ0) is 17.4. The molecule has 25 heavy (non-hydrogen) atoms. The lowest BCUT2D eigenvalue weighted by molar-refractivity contribution is -0.116. The first-order valence-corrected chi connectivity index (χ1v) is 8.18. The fourth-order valence-electron chi connectivity index (χ4n) is 3.41. The van der Waals surface area contributed by atoms with Gasteiger partial charge in [-0.2, -0.15) is 5.26 Å². The van der Waals surface area contributed by atoms with E-state index in [-0.39, 0.29) is 17.2 Å². The predicted octanol–water partition coefficient (Wildman–Crippen LogP) is 3.76. The van der Waals surface area contributed by atoms with Crippen LogP contribution in [0.25, 0.3) is 11.3 Å². The zero-order valence-electron chi connectivity index (χ0n) is 13.5. The number of carbonyl (C=O) groups is 1. The number of nitrogens with two attached hydrogens (primary N) is 1. The molecule has 0 saturated heterocycles. The number of Topliss-reactive ketones (excluding diaryl/α,β-unsaturated/α-hetero) is 1. The molecule has 2 aromatic rings. The van der Waals surface area contributed by atoms with Gasteiger partial charge in [-0.05, 0) is 18.6 Å². The molecule has 5 nitrogen and oxygen atoms in total. The van der Waals surface area contributed by atoms with Gasteiger partial charge in [0.2, 0.25) is 5.88 Å². The van der Waals surface area contributed by atoms with Crippen LogP contribution >= 0.6 is 0 Å². The van der Waals surface area contributed by atoms with Gasteiger partial charge in [0.05, 0.1) is 5.92 Å². The van der Waals surface area contributed by atoms with Crippen LogP contribution in [0.1, 0.15) is 30.9 Å². The summed E-state index contributed by atoms with van der Waals surface area (Å²) in [5, 5.41) is 9.55. The minimum atomic E-state index is -0.598. The van der Waals surface area contributed by atoms with Crippen LogP contribution in [0.2, 0.25) is 0 Å². The van der Waals surface area contributed by atoms with Crippen molar-refractivity contribution in [2.24, 2.45) is 5.73 Å². The van der Waals surface area contributed by atoms with E-state index in [2.05, 4.69) is 6.07 Å². The number of ether oxygens (including phenoxy) is 1. The lowest BCUT2D eigenvalue weighted by Crippen LogP contribution is -2.27. The highest BCUT2D eigenvalue weighted by molar-refractivity contribution is 5.99. The van der Waals surface area contributed by atoms with E-state index in [4.69, 9.17) is 14.9 Å². The monoisotopic (exact) mass is 332 g/mol. The lowest BCUT2D eigenvalue weighted by atomic mass is 9.80. The molecule has 0 amide bonds. The Morgan fingerprint density at radius 1 is 1.12 bits per heavy atom. The maximum atomic E-state index is 12.5. The van der Waals surface area contributed by atoms with Crippen molar-refractivity contribution in [1.82, 2.24) is 0 Å². The highest BCUT2D eigenvalue weighted by atomic mass is 16.5. The molecule has 0 fully saturated rings. The van der Waals surface area contributed by atoms with Crippen LogP contribution in [0.15, 0.2) is 69.7 Å². The second kappa shape index (κ2) is 5.99. The number of carbonyl (C=O) groups excluding carboxylic acids is 1. The highest BCUT2D eigenvalue weighted by Crippen LogP contribution is 2.44. The predicted molar refractivity (Wildman–Crippen MR) is 90.7 cm³/mol. The van der Waals surface area contributed by atoms with E-state index >= 15 is 0 Å². The Bertz CT molecular complexity index is 945. The smallest absolute Gasteiger partial charge is 0.205 e. The number of benzene rings is 1. The fraction of sp³-hybridized carbons (Fsp3) is 0.200. The summed E-state index contributed by atoms with van der Waals surface area (Å²) in [6.45, 7) is 0. The largest absolute Gasteiger partial charge is 0.460 e. The zero-order valence-corrected chi connectivity index (χ0v) is 13.5. The molecule has 0 radical (unpaired) electrons. The van der Waals surface area contributed by atoms with Crippen LogP contribution < -0.4 is 5.73 Å². The van der Waals surface area contributed by atoms with Gasteiger partial charge < -0.3 is 14.9 Å². The second-order valence-corrected chi connectivity index (χ2v) is 6.11. The van der Waals surface area contributed by atoms with Crippen LogP contribution in [-0.4, -0.2) is 5.78 Å². The molecular formula is C20H16N2O3. The van der Waals surface area contributed by atoms with Crippen LogP contribution in [0, 0.1) is 11.3 Å². The van der Waals surface area contributed by atoms with E-state index in [1.807, 2.05) is 36.4 Å². The van der Waals surface area contributed by atoms with Gasteiger partial charge in [0.15, 0.2) is 5.78 Å². The molecule has 0 unspecified atom stereocenters. The Balaban J connectivity index is 1.82. The van der Waals surface area contributed by atoms with E-state index in [9.17, 15) is 10.1 Å². The first-order chi connectivity index (χ1) is 12.2. The standard InChI is InChI=1S/C20H16N2O3/c21-11-13-18(19-14(23)7-4-8-16(19)25-20(13)22)17-10-9-15(24-17)12-5-2-1-3-6-12/h1-3,5-6,9-10,18H,4,7-8,22H2/t18-/m1/s1. The highest BCUT2D eigenvalue weighted by Gasteiger charge is 2.39. The van der Waals surface area contributed by atoms with Crippen molar-refractivity contribution in [3.8, 4) is 17.4 Å². The quantitative estimate of drug-likeness (QED) is 0.904. The number of nitrogens with zero attached hydrogens (tertiary/aromatic N) is 1. The second-order valence-electron chi connectivity index (χ2n) is 6.11. The number of allylic oxidation sites excluding steroid dienone is 3. The number of rotatable bonds is 2. The van der Waals surface area contributed by atoms with Gasteiger partial charge in [0.1, 0.15) is 28.9 Å². The van der Waals surface area contributed by atoms with Gasteiger partial charge in [-0.3, -0.25) is 4.79 Å². The lowest BCUT2D eigenvalue weighted by Gasteiger charge is -2.29. The maximum absolute atomic E-state index is 12.5. The van der Waals surface area contributed by atoms with Crippen LogP contribution in [-0.2, 0) is 9.53 Å². The average molecular weight is 332 g/mol. The Labute approximate surface area is 145 Å². The third-order valence-corrected chi connectivity index (χ3v) is 4.57. The molecule has 0 saturated carbocycles. The summed E-state index contributed by atoms with van der Waals surface area (Å²) in [7, 11) is 0. The molecule has 2 N–H and O–H groups in total. The first-order valence-electron chi connectivity index (χ1n) is 8.18. The van der Waals surface area contributed by atoms with E-state index in [1.54, 1.807) is 6.07 Å². The molecule has 4 rings (SSSR count). The Hall–Kier alpha value is -3.26. The first kappa shape index (κ1) is 15.3. The van der Waals surface area contributed by atoms with Crippen molar-refractivity contribution >= 4 is 5.78 Å². The Morgan fingerprint density at radius 2 is 1.92 bits per heavy atom. The van der Waals surface area contributed by atoms with Gasteiger partial charge in [-0.15, -0.1) is 0 Å². The molecule has 1 atom stereocenters. The van der Waals surface area contributed by atoms with Crippen LogP contribution in [0.5, 0.6) is 0 Å². The summed E-state index contributed by atoms with van der Waals surface area (Å²) < 4.78 is 11.6. The van der Waals surface area contributed by atoms with Crippen molar-refractivity contribution in [3.05, 3.63) is 71.0 Å². The van der Waals surface area contributed by atoms with Crippen molar-refractivity contribution in [2.75, 3.05) is 0 Å². The Morgan fingerprint density at radius 3 is 2.68 bits per heavy atom. The topological polar surface area (TPSA) is 89.3 Å². The maximum Gasteiger partial charge on any atom is 0.205 e. The van der Waals surface area contributed by atoms with E-state index < -0.39 is 5.92 Å². The van der Waals surface area contributed by atoms with Gasteiger partial charge in [-0.1, -0.05) is 30.3 Å². The van der Waals surface area contributed by atoms with Crippen LogP contribution in [0.3, 0.4) is 0 Å². The van der Waals surface area contributed by atoms with Crippen molar-refractivity contribution in [2.45, 2.75) is 25.2 Å². The molecule has 2 aliphatic rings. The van der Waals surface area contributed by atoms with Gasteiger partial charge in [0.25, 0.3) is 0 Å². The van der Waals surface area contributed by atoms with Crippen molar-refractivity contribution in [3.63, 3.8) is 0 Å². The Kier molecular flexibility index (Phi) is 3.66. The molecule has 5 heteroatoms. The van der Waals surface area contributed by atoms with Crippen LogP contribution in [0.4, 0.5) is 0 Å². The molecule has 1 aliphatic carbocycles. The number of furan rings is 1. The van der Waals surface area contributed by atoms with Gasteiger partial charge in [0, 0.05) is 24.0 Å². The molecular weight excluding hydrogens is 316 g/mol. The minimum absolute atomic E-state index is 0.0100. The van der Waals surface area contributed by atoms with E-state index in [1.165, 1.54) is 0 Å². The number of hydrogen-bond acceptors (Lipinski definition) is 5. The average Bonchev–Trinajstić information content (AvgIpc) is 3.11. The summed E-state index contributed by atoms with van der Waals surface area (Å²) in [5.41, 5.74) is 7.60. The summed E-state index contributed by atoms with van der Waals surface area (Å²) in [5.74, 6) is 1.23. The van der Waals surface area contributed by atoms with Crippen molar-refractivity contribution < 1.29 is 13.9 Å². The molecule has 1 aromatic heterocycles. The molecule has 0 bridgehead atoms. The van der Waals surface area contributed by atoms with Crippen molar-refractivity contribution in [1.29, 1.82) is 5.26 Å².